The summed E-state index contributed by atoms with van der Waals surface area (Å²) in [7, 11) is 1.50. The smallest absolute Gasteiger partial charge is 0.325 e. The second-order valence-corrected chi connectivity index (χ2v) is 8.70. The highest BCUT2D eigenvalue weighted by Crippen LogP contribution is 2.35. The van der Waals surface area contributed by atoms with E-state index in [9.17, 15) is 19.2 Å². The van der Waals surface area contributed by atoms with Gasteiger partial charge in [-0.05, 0) is 54.2 Å². The number of rotatable bonds is 10. The third-order valence-electron chi connectivity index (χ3n) is 4.76. The third-order valence-corrected chi connectivity index (χ3v) is 6.53. The van der Waals surface area contributed by atoms with Gasteiger partial charge in [0.15, 0.2) is 11.7 Å². The molecule has 5 N–H and O–H groups in total. The fourth-order valence-corrected chi connectivity index (χ4v) is 4.71. The summed E-state index contributed by atoms with van der Waals surface area (Å²) >= 11 is 1.95. The quantitative estimate of drug-likeness (QED) is 0.343. The van der Waals surface area contributed by atoms with Crippen molar-refractivity contribution in [1.82, 2.24) is 9.69 Å². The third kappa shape index (κ3) is 5.75. The molecule has 13 heteroatoms. The average molecular weight is 518 g/mol. The summed E-state index contributed by atoms with van der Waals surface area (Å²) in [6.07, 6.45) is 0. The molecule has 2 aromatic heterocycles. The number of anilines is 2. The normalized spacial score (nSPS) is 11.4. The Morgan fingerprint density at radius 1 is 1.17 bits per heavy atom. The monoisotopic (exact) mass is 517 g/mol. The lowest BCUT2D eigenvalue weighted by atomic mass is 10.1. The number of hydrogen-bond donors (Lipinski definition) is 3. The molecule has 35 heavy (non-hydrogen) atoms. The molecule has 1 atom stereocenters. The Hall–Kier alpha value is -3.97. The average Bonchev–Trinajstić information content (AvgIpc) is 3.51. The van der Waals surface area contributed by atoms with E-state index in [1.807, 2.05) is 0 Å². The molecular weight excluding hydrogens is 494 g/mol. The molecule has 3 rings (SSSR count). The second-order valence-electron chi connectivity index (χ2n) is 6.95. The van der Waals surface area contributed by atoms with E-state index in [-0.39, 0.29) is 29.4 Å². The van der Waals surface area contributed by atoms with Crippen molar-refractivity contribution >= 4 is 57.9 Å². The van der Waals surface area contributed by atoms with Crippen molar-refractivity contribution in [2.45, 2.75) is 13.0 Å². The van der Waals surface area contributed by atoms with Crippen LogP contribution in [0.2, 0.25) is 0 Å². The van der Waals surface area contributed by atoms with Crippen molar-refractivity contribution in [2.24, 2.45) is 5.73 Å². The molecule has 0 spiro atoms. The summed E-state index contributed by atoms with van der Waals surface area (Å²) in [5.74, 6) is -2.26. The number of nitrogens with zero attached hydrogens (tertiary/aromatic N) is 2. The number of aromatic nitrogens is 1. The highest BCUT2D eigenvalue weighted by atomic mass is 32.1. The van der Waals surface area contributed by atoms with Crippen molar-refractivity contribution < 1.29 is 28.7 Å². The van der Waals surface area contributed by atoms with Crippen LogP contribution >= 0.6 is 22.9 Å². The summed E-state index contributed by atoms with van der Waals surface area (Å²) in [5, 5.41) is 4.28. The zero-order valence-corrected chi connectivity index (χ0v) is 20.5. The standard InChI is InChI=1S/C22H23N5O6S2/c1-3-33-15(28)11-25-21(30)18(14-5-4-10-34-14)27(12-6-8-13(32-2)9-7-12)22(31)19-16(23)17(20(24)29)26-35-19/h4-10,18H,3,11,23H2,1-2H3,(H2,24,29)(H,25,30)/t18-/m1/s1. The van der Waals surface area contributed by atoms with E-state index in [0.717, 1.165) is 0 Å². The van der Waals surface area contributed by atoms with Crippen molar-refractivity contribution in [1.29, 1.82) is 0 Å². The lowest BCUT2D eigenvalue weighted by molar-refractivity contribution is -0.143. The number of amides is 3. The van der Waals surface area contributed by atoms with Crippen LogP contribution in [0.1, 0.15) is 38.0 Å². The van der Waals surface area contributed by atoms with Crippen LogP contribution in [0.3, 0.4) is 0 Å². The van der Waals surface area contributed by atoms with Crippen LogP contribution in [0.25, 0.3) is 0 Å². The van der Waals surface area contributed by atoms with Crippen molar-refractivity contribution in [3.63, 3.8) is 0 Å². The van der Waals surface area contributed by atoms with E-state index >= 15 is 0 Å². The molecular formula is C22H23N5O6S2. The van der Waals surface area contributed by atoms with Crippen molar-refractivity contribution in [3.05, 3.63) is 57.2 Å². The maximum Gasteiger partial charge on any atom is 0.325 e. The van der Waals surface area contributed by atoms with Gasteiger partial charge in [-0.3, -0.25) is 24.1 Å². The topological polar surface area (TPSA) is 167 Å². The molecule has 11 nitrogen and oxygen atoms in total. The molecule has 184 valence electrons. The van der Waals surface area contributed by atoms with E-state index in [4.69, 9.17) is 20.9 Å². The SMILES string of the molecule is CCOC(=O)CNC(=O)[C@@H](c1cccs1)N(C(=O)c1snc(C(N)=O)c1N)c1ccc(OC)cc1. The van der Waals surface area contributed by atoms with Gasteiger partial charge in [-0.2, -0.15) is 4.37 Å². The van der Waals surface area contributed by atoms with Gasteiger partial charge in [0, 0.05) is 10.6 Å². The lowest BCUT2D eigenvalue weighted by Crippen LogP contribution is -2.45. The number of nitrogens with two attached hydrogens (primary N) is 2. The summed E-state index contributed by atoms with van der Waals surface area (Å²) in [4.78, 5) is 52.3. The second kappa shape index (κ2) is 11.4. The van der Waals surface area contributed by atoms with Gasteiger partial charge in [0.2, 0.25) is 5.91 Å². The summed E-state index contributed by atoms with van der Waals surface area (Å²) in [6, 6.07) is 8.70. The van der Waals surface area contributed by atoms with E-state index < -0.39 is 29.7 Å². The maximum atomic E-state index is 13.8. The van der Waals surface area contributed by atoms with Crippen LogP contribution in [0.15, 0.2) is 41.8 Å². The van der Waals surface area contributed by atoms with Crippen LogP contribution in [0.5, 0.6) is 5.75 Å². The molecule has 3 amide bonds. The number of carbonyl (C=O) groups excluding carboxylic acids is 4. The molecule has 0 saturated carbocycles. The number of ether oxygens (including phenoxy) is 2. The number of hydrogen-bond acceptors (Lipinski definition) is 10. The first-order valence-electron chi connectivity index (χ1n) is 10.3. The largest absolute Gasteiger partial charge is 0.497 e. The van der Waals surface area contributed by atoms with Crippen LogP contribution < -0.4 is 26.4 Å². The van der Waals surface area contributed by atoms with Gasteiger partial charge in [-0.1, -0.05) is 6.07 Å². The van der Waals surface area contributed by atoms with Gasteiger partial charge in [-0.15, -0.1) is 11.3 Å². The first-order chi connectivity index (χ1) is 16.8. The van der Waals surface area contributed by atoms with Gasteiger partial charge in [0.25, 0.3) is 11.8 Å². The number of benzene rings is 1. The molecule has 0 saturated heterocycles. The predicted octanol–water partition coefficient (Wildman–Crippen LogP) is 1.96. The number of thiophene rings is 1. The number of primary amides is 1. The Balaban J connectivity index is 2.09. The van der Waals surface area contributed by atoms with Crippen molar-refractivity contribution in [3.8, 4) is 5.75 Å². The van der Waals surface area contributed by atoms with Crippen LogP contribution in [0.4, 0.5) is 11.4 Å². The zero-order valence-electron chi connectivity index (χ0n) is 18.8. The van der Waals surface area contributed by atoms with Crippen LogP contribution in [-0.4, -0.2) is 48.3 Å². The number of esters is 1. The lowest BCUT2D eigenvalue weighted by Gasteiger charge is -2.30. The minimum atomic E-state index is -1.18. The Morgan fingerprint density at radius 2 is 1.89 bits per heavy atom. The molecule has 1 aromatic carbocycles. The fraction of sp³-hybridized carbons (Fsp3) is 0.227. The Labute approximate surface area is 208 Å². The molecule has 0 fully saturated rings. The molecule has 2 heterocycles. The van der Waals surface area contributed by atoms with E-state index in [2.05, 4.69) is 9.69 Å². The van der Waals surface area contributed by atoms with E-state index in [1.54, 1.807) is 48.7 Å². The minimum absolute atomic E-state index is 0.0608. The molecule has 0 aliphatic heterocycles. The van der Waals surface area contributed by atoms with Crippen LogP contribution in [-0.2, 0) is 14.3 Å². The van der Waals surface area contributed by atoms with Gasteiger partial charge in [-0.25, -0.2) is 0 Å². The molecule has 0 aliphatic carbocycles. The van der Waals surface area contributed by atoms with E-state index in [0.29, 0.717) is 27.8 Å². The molecule has 0 radical (unpaired) electrons. The number of nitrogens with one attached hydrogen (secondary N) is 1. The zero-order chi connectivity index (χ0) is 25.5. The van der Waals surface area contributed by atoms with Gasteiger partial charge in [0.1, 0.15) is 17.2 Å². The van der Waals surface area contributed by atoms with E-state index in [1.165, 1.54) is 23.3 Å². The molecule has 0 aliphatic rings. The summed E-state index contributed by atoms with van der Waals surface area (Å²) < 4.78 is 14.0. The van der Waals surface area contributed by atoms with Crippen molar-refractivity contribution in [2.75, 3.05) is 30.9 Å². The highest BCUT2D eigenvalue weighted by molar-refractivity contribution is 7.10. The minimum Gasteiger partial charge on any atom is -0.497 e. The molecule has 0 bridgehead atoms. The first-order valence-corrected chi connectivity index (χ1v) is 11.9. The Kier molecular flexibility index (Phi) is 8.39. The Morgan fingerprint density at radius 3 is 2.43 bits per heavy atom. The van der Waals surface area contributed by atoms with Crippen LogP contribution in [0, 0.1) is 0 Å². The first kappa shape index (κ1) is 25.6. The summed E-state index contributed by atoms with van der Waals surface area (Å²) in [6.45, 7) is 1.43. The maximum absolute atomic E-state index is 13.8. The van der Waals surface area contributed by atoms with Gasteiger partial charge in [0.05, 0.1) is 19.4 Å². The Bertz CT molecular complexity index is 1210. The number of carbonyl (C=O) groups is 4. The molecule has 0 unspecified atom stereocenters. The summed E-state index contributed by atoms with van der Waals surface area (Å²) in [5.41, 5.74) is 11.3. The fourth-order valence-electron chi connectivity index (χ4n) is 3.15. The molecule has 3 aromatic rings. The van der Waals surface area contributed by atoms with Gasteiger partial charge < -0.3 is 26.3 Å². The number of methoxy groups -OCH3 is 1. The number of nitrogen functional groups attached to an aromatic ring is 1. The van der Waals surface area contributed by atoms with Gasteiger partial charge >= 0.3 is 5.97 Å². The predicted molar refractivity (Wildman–Crippen MR) is 132 cm³/mol. The highest BCUT2D eigenvalue weighted by Gasteiger charge is 2.36.